The van der Waals surface area contributed by atoms with Gasteiger partial charge in [0.15, 0.2) is 0 Å². The summed E-state index contributed by atoms with van der Waals surface area (Å²) in [6.07, 6.45) is 9.94. The van der Waals surface area contributed by atoms with Crippen molar-refractivity contribution in [1.29, 1.82) is 0 Å². The Morgan fingerprint density at radius 3 is 2.60 bits per heavy atom. The van der Waals surface area contributed by atoms with Crippen LogP contribution in [-0.2, 0) is 0 Å². The Balaban J connectivity index is 1.95. The van der Waals surface area contributed by atoms with E-state index in [-0.39, 0.29) is 0 Å². The molecule has 4 unspecified atom stereocenters. The lowest BCUT2D eigenvalue weighted by Gasteiger charge is -2.41. The fourth-order valence-electron chi connectivity index (χ4n) is 4.39. The van der Waals surface area contributed by atoms with E-state index in [9.17, 15) is 0 Å². The molecule has 0 aromatic carbocycles. The molecule has 1 saturated carbocycles. The molecular weight excluding hydrogens is 244 g/mol. The summed E-state index contributed by atoms with van der Waals surface area (Å²) >= 11 is 0. The summed E-state index contributed by atoms with van der Waals surface area (Å²) in [6, 6.07) is 1.55. The maximum absolute atomic E-state index is 3.61. The van der Waals surface area contributed by atoms with Crippen molar-refractivity contribution in [2.75, 3.05) is 20.1 Å². The van der Waals surface area contributed by atoms with E-state index in [1.807, 2.05) is 0 Å². The Hall–Kier alpha value is -0.0800. The first-order valence-electron chi connectivity index (χ1n) is 9.03. The van der Waals surface area contributed by atoms with Crippen LogP contribution in [0.5, 0.6) is 0 Å². The predicted molar refractivity (Wildman–Crippen MR) is 88.0 cm³/mol. The normalized spacial score (nSPS) is 37.0. The molecule has 0 amide bonds. The van der Waals surface area contributed by atoms with Gasteiger partial charge in [-0.3, -0.25) is 0 Å². The zero-order valence-corrected chi connectivity index (χ0v) is 14.2. The summed E-state index contributed by atoms with van der Waals surface area (Å²) < 4.78 is 0. The van der Waals surface area contributed by atoms with E-state index in [1.165, 1.54) is 58.0 Å². The number of nitrogens with zero attached hydrogens (tertiary/aromatic N) is 1. The van der Waals surface area contributed by atoms with Crippen molar-refractivity contribution >= 4 is 0 Å². The molecule has 2 rings (SSSR count). The van der Waals surface area contributed by atoms with Gasteiger partial charge in [-0.15, -0.1) is 0 Å². The average Bonchev–Trinajstić information content (AvgIpc) is 2.64. The first-order chi connectivity index (χ1) is 9.61. The van der Waals surface area contributed by atoms with Gasteiger partial charge in [-0.1, -0.05) is 26.7 Å². The van der Waals surface area contributed by atoms with Gasteiger partial charge in [-0.05, 0) is 70.4 Å². The van der Waals surface area contributed by atoms with Crippen LogP contribution in [-0.4, -0.2) is 37.1 Å². The van der Waals surface area contributed by atoms with E-state index in [0.29, 0.717) is 0 Å². The molecule has 20 heavy (non-hydrogen) atoms. The predicted octanol–water partition coefficient (Wildman–Crippen LogP) is 3.91. The third-order valence-corrected chi connectivity index (χ3v) is 6.00. The number of likely N-dealkylation sites (tertiary alicyclic amines) is 1. The van der Waals surface area contributed by atoms with Crippen LogP contribution < -0.4 is 5.32 Å². The minimum absolute atomic E-state index is 0.750. The third kappa shape index (κ3) is 4.21. The molecular formula is C18H36N2. The van der Waals surface area contributed by atoms with Gasteiger partial charge in [0.05, 0.1) is 0 Å². The summed E-state index contributed by atoms with van der Waals surface area (Å²) in [5.41, 5.74) is 0. The molecule has 1 saturated heterocycles. The SMILES string of the molecule is CNC1CCC(C(C)C)CC1CN1CCCCCC1C. The molecule has 1 heterocycles. The molecule has 0 aromatic rings. The maximum atomic E-state index is 3.61. The lowest BCUT2D eigenvalue weighted by molar-refractivity contribution is 0.106. The van der Waals surface area contributed by atoms with Gasteiger partial charge in [0.25, 0.3) is 0 Å². The van der Waals surface area contributed by atoms with Gasteiger partial charge in [-0.25, -0.2) is 0 Å². The lowest BCUT2D eigenvalue weighted by atomic mass is 9.73. The highest BCUT2D eigenvalue weighted by Gasteiger charge is 2.33. The van der Waals surface area contributed by atoms with Crippen LogP contribution in [0.2, 0.25) is 0 Å². The molecule has 2 fully saturated rings. The number of hydrogen-bond donors (Lipinski definition) is 1. The largest absolute Gasteiger partial charge is 0.317 e. The lowest BCUT2D eigenvalue weighted by Crippen LogP contribution is -2.47. The molecule has 118 valence electrons. The number of rotatable bonds is 4. The second-order valence-electron chi connectivity index (χ2n) is 7.67. The van der Waals surface area contributed by atoms with Gasteiger partial charge >= 0.3 is 0 Å². The minimum atomic E-state index is 0.750. The summed E-state index contributed by atoms with van der Waals surface area (Å²) in [5, 5.41) is 3.61. The highest BCUT2D eigenvalue weighted by atomic mass is 15.2. The quantitative estimate of drug-likeness (QED) is 0.840. The van der Waals surface area contributed by atoms with Crippen molar-refractivity contribution in [2.24, 2.45) is 17.8 Å². The van der Waals surface area contributed by atoms with Crippen molar-refractivity contribution in [2.45, 2.75) is 77.8 Å². The number of hydrogen-bond acceptors (Lipinski definition) is 2. The van der Waals surface area contributed by atoms with E-state index in [4.69, 9.17) is 0 Å². The van der Waals surface area contributed by atoms with Crippen LogP contribution in [0.4, 0.5) is 0 Å². The van der Waals surface area contributed by atoms with Crippen LogP contribution in [0.1, 0.15) is 65.7 Å². The van der Waals surface area contributed by atoms with Crippen molar-refractivity contribution in [1.82, 2.24) is 10.2 Å². The Labute approximate surface area is 126 Å². The molecule has 2 heteroatoms. The van der Waals surface area contributed by atoms with Gasteiger partial charge in [0, 0.05) is 18.6 Å². The molecule has 0 radical (unpaired) electrons. The van der Waals surface area contributed by atoms with Gasteiger partial charge in [-0.2, -0.15) is 0 Å². The molecule has 0 spiro atoms. The van der Waals surface area contributed by atoms with Crippen LogP contribution >= 0.6 is 0 Å². The highest BCUT2D eigenvalue weighted by molar-refractivity contribution is 4.88. The van der Waals surface area contributed by atoms with E-state index in [2.05, 4.69) is 38.0 Å². The summed E-state index contributed by atoms with van der Waals surface area (Å²) in [7, 11) is 2.17. The zero-order chi connectivity index (χ0) is 14.5. The minimum Gasteiger partial charge on any atom is -0.317 e. The topological polar surface area (TPSA) is 15.3 Å². The number of nitrogens with one attached hydrogen (secondary N) is 1. The van der Waals surface area contributed by atoms with Crippen molar-refractivity contribution < 1.29 is 0 Å². The van der Waals surface area contributed by atoms with Crippen LogP contribution in [0.25, 0.3) is 0 Å². The van der Waals surface area contributed by atoms with Crippen LogP contribution in [0, 0.1) is 17.8 Å². The standard InChI is InChI=1S/C18H36N2/c1-14(2)16-9-10-18(19-4)17(12-16)13-20-11-7-5-6-8-15(20)3/h14-19H,5-13H2,1-4H3. The van der Waals surface area contributed by atoms with E-state index < -0.39 is 0 Å². The third-order valence-electron chi connectivity index (χ3n) is 6.00. The van der Waals surface area contributed by atoms with E-state index in [1.54, 1.807) is 0 Å². The first kappa shape index (κ1) is 16.3. The fourth-order valence-corrected chi connectivity index (χ4v) is 4.39. The van der Waals surface area contributed by atoms with Crippen molar-refractivity contribution in [3.05, 3.63) is 0 Å². The molecule has 0 aromatic heterocycles. The van der Waals surface area contributed by atoms with E-state index >= 15 is 0 Å². The first-order valence-corrected chi connectivity index (χ1v) is 9.03. The summed E-state index contributed by atoms with van der Waals surface area (Å²) in [5.74, 6) is 2.67. The fraction of sp³-hybridized carbons (Fsp3) is 1.00. The van der Waals surface area contributed by atoms with Gasteiger partial charge in [0.2, 0.25) is 0 Å². The van der Waals surface area contributed by atoms with Gasteiger partial charge < -0.3 is 10.2 Å². The Morgan fingerprint density at radius 1 is 1.10 bits per heavy atom. The zero-order valence-electron chi connectivity index (χ0n) is 14.2. The Bertz CT molecular complexity index is 277. The van der Waals surface area contributed by atoms with Crippen LogP contribution in [0.3, 0.4) is 0 Å². The monoisotopic (exact) mass is 280 g/mol. The second kappa shape index (κ2) is 7.79. The highest BCUT2D eigenvalue weighted by Crippen LogP contribution is 2.35. The summed E-state index contributed by atoms with van der Waals surface area (Å²) in [4.78, 5) is 2.80. The average molecular weight is 280 g/mol. The Morgan fingerprint density at radius 2 is 1.90 bits per heavy atom. The van der Waals surface area contributed by atoms with Crippen LogP contribution in [0.15, 0.2) is 0 Å². The molecule has 1 N–H and O–H groups in total. The maximum Gasteiger partial charge on any atom is 0.0105 e. The van der Waals surface area contributed by atoms with Crippen molar-refractivity contribution in [3.63, 3.8) is 0 Å². The molecule has 1 aliphatic heterocycles. The molecule has 0 bridgehead atoms. The van der Waals surface area contributed by atoms with Gasteiger partial charge in [0.1, 0.15) is 0 Å². The molecule has 1 aliphatic carbocycles. The van der Waals surface area contributed by atoms with E-state index in [0.717, 1.165) is 29.8 Å². The summed E-state index contributed by atoms with van der Waals surface area (Å²) in [6.45, 7) is 9.94. The smallest absolute Gasteiger partial charge is 0.0105 e. The molecule has 2 nitrogen and oxygen atoms in total. The Kier molecular flexibility index (Phi) is 6.35. The molecule has 2 aliphatic rings. The second-order valence-corrected chi connectivity index (χ2v) is 7.67. The van der Waals surface area contributed by atoms with Crippen molar-refractivity contribution in [3.8, 4) is 0 Å². The molecule has 4 atom stereocenters.